The molecule has 3 nitrogen and oxygen atoms in total. The SMILES string of the molecule is C[C@@H]([NH2+][C@H](C)c1ccccc1)C(=O)Nc1cccc(Br)c1. The van der Waals surface area contributed by atoms with E-state index in [0.29, 0.717) is 0 Å². The standard InChI is InChI=1S/C17H19BrN2O/c1-12(14-7-4-3-5-8-14)19-13(2)17(21)20-16-10-6-9-15(18)11-16/h3-13,19H,1-2H3,(H,20,21)/p+1/t12-,13-/m1/s1. The Kier molecular flexibility index (Phi) is 5.53. The maximum absolute atomic E-state index is 12.2. The third-order valence-electron chi connectivity index (χ3n) is 3.41. The highest BCUT2D eigenvalue weighted by Crippen LogP contribution is 2.15. The summed E-state index contributed by atoms with van der Waals surface area (Å²) in [5.41, 5.74) is 2.03. The van der Waals surface area contributed by atoms with Gasteiger partial charge in [-0.1, -0.05) is 52.3 Å². The molecular weight excluding hydrogens is 328 g/mol. The number of benzene rings is 2. The van der Waals surface area contributed by atoms with Gasteiger partial charge in [0, 0.05) is 15.7 Å². The van der Waals surface area contributed by atoms with Crippen molar-refractivity contribution in [2.24, 2.45) is 0 Å². The van der Waals surface area contributed by atoms with Crippen molar-refractivity contribution in [2.75, 3.05) is 5.32 Å². The summed E-state index contributed by atoms with van der Waals surface area (Å²) in [7, 11) is 0. The first-order valence-corrected chi connectivity index (χ1v) is 7.82. The second-order valence-electron chi connectivity index (χ2n) is 5.18. The van der Waals surface area contributed by atoms with E-state index in [9.17, 15) is 4.79 Å². The van der Waals surface area contributed by atoms with Gasteiger partial charge in [0.2, 0.25) is 0 Å². The quantitative estimate of drug-likeness (QED) is 0.857. The molecule has 0 saturated heterocycles. The minimum absolute atomic E-state index is 0.0101. The topological polar surface area (TPSA) is 45.7 Å². The Morgan fingerprint density at radius 3 is 2.48 bits per heavy atom. The number of carbonyl (C=O) groups is 1. The first kappa shape index (κ1) is 15.7. The third-order valence-corrected chi connectivity index (χ3v) is 3.90. The van der Waals surface area contributed by atoms with Crippen molar-refractivity contribution in [1.82, 2.24) is 0 Å². The number of amides is 1. The highest BCUT2D eigenvalue weighted by molar-refractivity contribution is 9.10. The molecule has 1 amide bonds. The zero-order chi connectivity index (χ0) is 15.2. The summed E-state index contributed by atoms with van der Waals surface area (Å²) in [4.78, 5) is 12.2. The lowest BCUT2D eigenvalue weighted by atomic mass is 10.1. The first-order chi connectivity index (χ1) is 10.1. The van der Waals surface area contributed by atoms with Crippen LogP contribution in [0.4, 0.5) is 5.69 Å². The third kappa shape index (κ3) is 4.69. The fraction of sp³-hybridized carbons (Fsp3) is 0.235. The molecule has 0 unspecified atom stereocenters. The number of hydrogen-bond donors (Lipinski definition) is 2. The Bertz CT molecular complexity index is 601. The Morgan fingerprint density at radius 1 is 1.10 bits per heavy atom. The fourth-order valence-electron chi connectivity index (χ4n) is 2.21. The van der Waals surface area contributed by atoms with Crippen molar-refractivity contribution in [3.8, 4) is 0 Å². The van der Waals surface area contributed by atoms with Crippen LogP contribution in [0.5, 0.6) is 0 Å². The minimum Gasteiger partial charge on any atom is -0.330 e. The largest absolute Gasteiger partial charge is 0.330 e. The zero-order valence-electron chi connectivity index (χ0n) is 12.2. The molecule has 2 rings (SSSR count). The fourth-order valence-corrected chi connectivity index (χ4v) is 2.61. The summed E-state index contributed by atoms with van der Waals surface area (Å²) < 4.78 is 0.953. The molecule has 0 saturated carbocycles. The van der Waals surface area contributed by atoms with Gasteiger partial charge in [-0.05, 0) is 32.0 Å². The molecule has 0 bridgehead atoms. The van der Waals surface area contributed by atoms with Gasteiger partial charge in [0.25, 0.3) is 5.91 Å². The number of hydrogen-bond acceptors (Lipinski definition) is 1. The minimum atomic E-state index is -0.154. The summed E-state index contributed by atoms with van der Waals surface area (Å²) in [6, 6.07) is 17.9. The van der Waals surface area contributed by atoms with E-state index in [0.717, 1.165) is 10.2 Å². The molecule has 3 N–H and O–H groups in total. The highest BCUT2D eigenvalue weighted by atomic mass is 79.9. The molecular formula is C17H20BrN2O+. The Hall–Kier alpha value is -1.65. The van der Waals surface area contributed by atoms with Gasteiger partial charge in [0.1, 0.15) is 6.04 Å². The molecule has 0 aliphatic heterocycles. The van der Waals surface area contributed by atoms with Crippen LogP contribution in [0.25, 0.3) is 0 Å². The van der Waals surface area contributed by atoms with E-state index in [2.05, 4.69) is 45.6 Å². The van der Waals surface area contributed by atoms with Crippen molar-refractivity contribution in [2.45, 2.75) is 25.9 Å². The van der Waals surface area contributed by atoms with E-state index in [1.54, 1.807) is 0 Å². The van der Waals surface area contributed by atoms with E-state index in [4.69, 9.17) is 0 Å². The summed E-state index contributed by atoms with van der Waals surface area (Å²) in [5, 5.41) is 5.01. The maximum Gasteiger partial charge on any atom is 0.282 e. The average molecular weight is 348 g/mol. The molecule has 2 aromatic carbocycles. The molecule has 0 heterocycles. The molecule has 0 aliphatic rings. The Morgan fingerprint density at radius 2 is 1.81 bits per heavy atom. The predicted octanol–water partition coefficient (Wildman–Crippen LogP) is 3.10. The van der Waals surface area contributed by atoms with Gasteiger partial charge in [-0.25, -0.2) is 0 Å². The lowest BCUT2D eigenvalue weighted by Crippen LogP contribution is -2.91. The summed E-state index contributed by atoms with van der Waals surface area (Å²) in [5.74, 6) is 0.0101. The lowest BCUT2D eigenvalue weighted by molar-refractivity contribution is -0.709. The summed E-state index contributed by atoms with van der Waals surface area (Å²) in [6.07, 6.45) is 0. The predicted molar refractivity (Wildman–Crippen MR) is 89.0 cm³/mol. The van der Waals surface area contributed by atoms with Gasteiger partial charge < -0.3 is 10.6 Å². The van der Waals surface area contributed by atoms with Crippen LogP contribution in [-0.2, 0) is 4.79 Å². The van der Waals surface area contributed by atoms with Crippen molar-refractivity contribution in [3.05, 3.63) is 64.6 Å². The molecule has 0 aromatic heterocycles. The molecule has 110 valence electrons. The molecule has 21 heavy (non-hydrogen) atoms. The first-order valence-electron chi connectivity index (χ1n) is 7.02. The van der Waals surface area contributed by atoms with Gasteiger partial charge in [-0.15, -0.1) is 0 Å². The number of nitrogens with two attached hydrogens (primary N) is 1. The summed E-state index contributed by atoms with van der Waals surface area (Å²) in [6.45, 7) is 4.03. The lowest BCUT2D eigenvalue weighted by Gasteiger charge is -2.17. The van der Waals surface area contributed by atoms with Crippen LogP contribution >= 0.6 is 15.9 Å². The van der Waals surface area contributed by atoms with Crippen LogP contribution in [0.3, 0.4) is 0 Å². The molecule has 0 fully saturated rings. The van der Waals surface area contributed by atoms with Crippen LogP contribution in [0.15, 0.2) is 59.1 Å². The van der Waals surface area contributed by atoms with E-state index >= 15 is 0 Å². The van der Waals surface area contributed by atoms with Gasteiger partial charge in [-0.3, -0.25) is 4.79 Å². The molecule has 2 aromatic rings. The van der Waals surface area contributed by atoms with Gasteiger partial charge in [-0.2, -0.15) is 0 Å². The van der Waals surface area contributed by atoms with Crippen molar-refractivity contribution in [1.29, 1.82) is 0 Å². The maximum atomic E-state index is 12.2. The van der Waals surface area contributed by atoms with Gasteiger partial charge in [0.15, 0.2) is 6.04 Å². The summed E-state index contributed by atoms with van der Waals surface area (Å²) >= 11 is 3.40. The second kappa shape index (κ2) is 7.38. The van der Waals surface area contributed by atoms with Crippen LogP contribution in [-0.4, -0.2) is 11.9 Å². The normalized spacial score (nSPS) is 13.5. The van der Waals surface area contributed by atoms with Crippen molar-refractivity contribution in [3.63, 3.8) is 0 Å². The molecule has 0 spiro atoms. The molecule has 0 radical (unpaired) electrons. The van der Waals surface area contributed by atoms with Crippen LogP contribution < -0.4 is 10.6 Å². The number of quaternary nitrogens is 1. The Labute approximate surface area is 133 Å². The number of rotatable bonds is 5. The Balaban J connectivity index is 1.93. The highest BCUT2D eigenvalue weighted by Gasteiger charge is 2.20. The number of nitrogens with one attached hydrogen (secondary N) is 1. The number of carbonyl (C=O) groups excluding carboxylic acids is 1. The van der Waals surface area contributed by atoms with Crippen molar-refractivity contribution >= 4 is 27.5 Å². The number of halogens is 1. The second-order valence-corrected chi connectivity index (χ2v) is 6.10. The van der Waals surface area contributed by atoms with Crippen LogP contribution in [0, 0.1) is 0 Å². The average Bonchev–Trinajstić information content (AvgIpc) is 2.48. The van der Waals surface area contributed by atoms with Crippen LogP contribution in [0.1, 0.15) is 25.5 Å². The monoisotopic (exact) mass is 347 g/mol. The van der Waals surface area contributed by atoms with Crippen LogP contribution in [0.2, 0.25) is 0 Å². The molecule has 2 atom stereocenters. The molecule has 0 aliphatic carbocycles. The molecule has 4 heteroatoms. The van der Waals surface area contributed by atoms with Crippen molar-refractivity contribution < 1.29 is 10.1 Å². The smallest absolute Gasteiger partial charge is 0.282 e. The van der Waals surface area contributed by atoms with E-state index in [-0.39, 0.29) is 18.0 Å². The van der Waals surface area contributed by atoms with Gasteiger partial charge in [0.05, 0.1) is 0 Å². The van der Waals surface area contributed by atoms with E-state index < -0.39 is 0 Å². The van der Waals surface area contributed by atoms with E-state index in [1.807, 2.05) is 49.4 Å². The van der Waals surface area contributed by atoms with Gasteiger partial charge >= 0.3 is 0 Å². The number of anilines is 1. The van der Waals surface area contributed by atoms with E-state index in [1.165, 1.54) is 5.56 Å². The zero-order valence-corrected chi connectivity index (χ0v) is 13.8.